The molecular weight excluding hydrogens is 552 g/mol. The van der Waals surface area contributed by atoms with Crippen molar-refractivity contribution >= 4 is 45.5 Å². The number of nitrogens with two attached hydrogens (primary N) is 1. The Kier molecular flexibility index (Phi) is 9.84. The van der Waals surface area contributed by atoms with Crippen molar-refractivity contribution in [1.82, 2.24) is 25.9 Å². The lowest BCUT2D eigenvalue weighted by Crippen LogP contribution is -2.59. The summed E-state index contributed by atoms with van der Waals surface area (Å²) in [6.45, 7) is 4.83. The van der Waals surface area contributed by atoms with E-state index in [1.54, 1.807) is 26.2 Å². The van der Waals surface area contributed by atoms with Gasteiger partial charge in [-0.05, 0) is 36.1 Å². The molecule has 9 N–H and O–H groups in total. The van der Waals surface area contributed by atoms with Crippen molar-refractivity contribution < 1.29 is 29.4 Å². The number of aliphatic hydroxyl groups is 1. The molecular formula is C31H38N6O6. The number of aliphatic hydroxyl groups excluding tert-OH is 1. The van der Waals surface area contributed by atoms with Crippen LogP contribution in [0.25, 0.3) is 21.8 Å². The molecule has 3 amide bonds. The Bertz CT molecular complexity index is 1610. The number of fused-ring (bicyclic) bond motifs is 2. The lowest BCUT2D eigenvalue weighted by Gasteiger charge is -2.26. The first kappa shape index (κ1) is 31.3. The van der Waals surface area contributed by atoms with Crippen LogP contribution < -0.4 is 21.7 Å². The maximum atomic E-state index is 13.9. The molecule has 0 aliphatic carbocycles. The van der Waals surface area contributed by atoms with E-state index >= 15 is 0 Å². The molecule has 4 rings (SSSR count). The number of aromatic amines is 2. The van der Waals surface area contributed by atoms with Crippen molar-refractivity contribution in [2.45, 2.75) is 63.9 Å². The van der Waals surface area contributed by atoms with Crippen molar-refractivity contribution in [3.8, 4) is 0 Å². The summed E-state index contributed by atoms with van der Waals surface area (Å²) >= 11 is 0. The minimum atomic E-state index is -1.60. The first-order chi connectivity index (χ1) is 20.5. The zero-order valence-corrected chi connectivity index (χ0v) is 24.3. The fraction of sp³-hybridized carbons (Fsp3) is 0.355. The van der Waals surface area contributed by atoms with E-state index in [-0.39, 0.29) is 18.8 Å². The number of nitrogens with one attached hydrogen (secondary N) is 5. The third-order valence-corrected chi connectivity index (χ3v) is 7.53. The van der Waals surface area contributed by atoms with Crippen LogP contribution in [-0.2, 0) is 32.0 Å². The van der Waals surface area contributed by atoms with Crippen LogP contribution in [0.1, 0.15) is 31.9 Å². The number of H-pyrrole nitrogens is 2. The van der Waals surface area contributed by atoms with Crippen LogP contribution in [0.2, 0.25) is 0 Å². The van der Waals surface area contributed by atoms with Gasteiger partial charge < -0.3 is 41.9 Å². The standard InChI is InChI=1S/C31H38N6O6/c1-16(2)26(32)30(41)36-24(12-18-14-33-22-10-6-4-8-20(18)22)28(39)35-25(29(40)37-27(17(3)38)31(42)43)13-19-15-34-23-11-7-5-9-21(19)23/h4-11,14-17,24-27,33-34,38H,12-13,32H2,1-3H3,(H,35,39)(H,36,41)(H,37,40)(H,42,43). The highest BCUT2D eigenvalue weighted by Crippen LogP contribution is 2.21. The van der Waals surface area contributed by atoms with E-state index in [0.29, 0.717) is 5.56 Å². The van der Waals surface area contributed by atoms with Crippen LogP contribution in [0.15, 0.2) is 60.9 Å². The van der Waals surface area contributed by atoms with Gasteiger partial charge in [-0.1, -0.05) is 50.2 Å². The molecule has 4 aromatic rings. The molecule has 0 aliphatic heterocycles. The molecule has 0 saturated carbocycles. The molecule has 2 aromatic heterocycles. The molecule has 0 bridgehead atoms. The smallest absolute Gasteiger partial charge is 0.328 e. The Morgan fingerprint density at radius 2 is 1.19 bits per heavy atom. The number of carbonyl (C=O) groups is 4. The van der Waals surface area contributed by atoms with Gasteiger partial charge in [-0.3, -0.25) is 14.4 Å². The number of aliphatic carboxylic acids is 1. The molecule has 5 unspecified atom stereocenters. The summed E-state index contributed by atoms with van der Waals surface area (Å²) in [5.74, 6) is -3.59. The van der Waals surface area contributed by atoms with Gasteiger partial charge >= 0.3 is 5.97 Å². The molecule has 0 spiro atoms. The molecule has 2 aromatic carbocycles. The largest absolute Gasteiger partial charge is 0.480 e. The first-order valence-corrected chi connectivity index (χ1v) is 14.1. The van der Waals surface area contributed by atoms with E-state index in [4.69, 9.17) is 5.73 Å². The van der Waals surface area contributed by atoms with Gasteiger partial charge in [-0.15, -0.1) is 0 Å². The SMILES string of the molecule is CC(C)C(N)C(=O)NC(Cc1c[nH]c2ccccc12)C(=O)NC(Cc1c[nH]c2ccccc12)C(=O)NC(C(=O)O)C(C)O. The van der Waals surface area contributed by atoms with Gasteiger partial charge in [0.05, 0.1) is 12.1 Å². The van der Waals surface area contributed by atoms with Gasteiger partial charge in [0.1, 0.15) is 12.1 Å². The number of hydrogen-bond donors (Lipinski definition) is 8. The summed E-state index contributed by atoms with van der Waals surface area (Å²) in [5, 5.41) is 29.0. The summed E-state index contributed by atoms with van der Waals surface area (Å²) in [6, 6.07) is 10.1. The Morgan fingerprint density at radius 1 is 0.744 bits per heavy atom. The number of hydrogen-bond acceptors (Lipinski definition) is 6. The molecule has 2 heterocycles. The van der Waals surface area contributed by atoms with E-state index < -0.39 is 54.0 Å². The van der Waals surface area contributed by atoms with Crippen molar-refractivity contribution in [2.24, 2.45) is 11.7 Å². The fourth-order valence-electron chi connectivity index (χ4n) is 4.94. The fourth-order valence-corrected chi connectivity index (χ4v) is 4.94. The molecule has 5 atom stereocenters. The number of aromatic nitrogens is 2. The summed E-state index contributed by atoms with van der Waals surface area (Å²) in [4.78, 5) is 58.3. The highest BCUT2D eigenvalue weighted by atomic mass is 16.4. The second kappa shape index (κ2) is 13.5. The van der Waals surface area contributed by atoms with Crippen LogP contribution in [0.3, 0.4) is 0 Å². The van der Waals surface area contributed by atoms with Gasteiger partial charge in [0, 0.05) is 47.0 Å². The molecule has 43 heavy (non-hydrogen) atoms. The van der Waals surface area contributed by atoms with E-state index in [2.05, 4.69) is 25.9 Å². The Hall–Kier alpha value is -4.68. The summed E-state index contributed by atoms with van der Waals surface area (Å²) in [7, 11) is 0. The number of carboxylic acids is 1. The van der Waals surface area contributed by atoms with Gasteiger partial charge in [-0.25, -0.2) is 4.79 Å². The topological polar surface area (TPSA) is 202 Å². The molecule has 0 aliphatic rings. The average Bonchev–Trinajstić information content (AvgIpc) is 3.58. The van der Waals surface area contributed by atoms with Gasteiger partial charge in [0.2, 0.25) is 17.7 Å². The highest BCUT2D eigenvalue weighted by molar-refractivity contribution is 5.95. The van der Waals surface area contributed by atoms with Crippen LogP contribution in [0.5, 0.6) is 0 Å². The van der Waals surface area contributed by atoms with Crippen LogP contribution in [-0.4, -0.2) is 74.1 Å². The molecule has 0 fully saturated rings. The lowest BCUT2D eigenvalue weighted by molar-refractivity contribution is -0.145. The van der Waals surface area contributed by atoms with E-state index in [9.17, 15) is 29.4 Å². The minimum absolute atomic E-state index is 0.00694. The Morgan fingerprint density at radius 3 is 1.63 bits per heavy atom. The molecule has 228 valence electrons. The summed E-state index contributed by atoms with van der Waals surface area (Å²) in [6.07, 6.45) is 2.19. The van der Waals surface area contributed by atoms with E-state index in [1.807, 2.05) is 48.5 Å². The number of carboxylic acid groups (broad SMARTS) is 1. The Labute approximate surface area is 248 Å². The predicted octanol–water partition coefficient (Wildman–Crippen LogP) is 1.34. The second-order valence-electron chi connectivity index (χ2n) is 11.1. The second-order valence-corrected chi connectivity index (χ2v) is 11.1. The number of carbonyl (C=O) groups excluding carboxylic acids is 3. The summed E-state index contributed by atoms with van der Waals surface area (Å²) in [5.41, 5.74) is 9.24. The minimum Gasteiger partial charge on any atom is -0.480 e. The predicted molar refractivity (Wildman–Crippen MR) is 162 cm³/mol. The molecule has 0 saturated heterocycles. The van der Waals surface area contributed by atoms with Crippen LogP contribution in [0.4, 0.5) is 0 Å². The van der Waals surface area contributed by atoms with Crippen LogP contribution in [0, 0.1) is 5.92 Å². The first-order valence-electron chi connectivity index (χ1n) is 14.1. The van der Waals surface area contributed by atoms with Gasteiger partial charge in [0.15, 0.2) is 6.04 Å². The number of benzene rings is 2. The van der Waals surface area contributed by atoms with Crippen molar-refractivity contribution in [2.75, 3.05) is 0 Å². The normalized spacial score (nSPS) is 15.0. The number of amides is 3. The highest BCUT2D eigenvalue weighted by Gasteiger charge is 2.33. The van der Waals surface area contributed by atoms with Crippen molar-refractivity contribution in [1.29, 1.82) is 0 Å². The molecule has 12 heteroatoms. The maximum absolute atomic E-state index is 13.9. The van der Waals surface area contributed by atoms with E-state index in [0.717, 1.165) is 27.4 Å². The third kappa shape index (κ3) is 7.40. The van der Waals surface area contributed by atoms with Gasteiger partial charge in [0.25, 0.3) is 0 Å². The van der Waals surface area contributed by atoms with Crippen LogP contribution >= 0.6 is 0 Å². The van der Waals surface area contributed by atoms with Gasteiger partial charge in [-0.2, -0.15) is 0 Å². The quantitative estimate of drug-likeness (QED) is 0.115. The van der Waals surface area contributed by atoms with Crippen molar-refractivity contribution in [3.05, 3.63) is 72.1 Å². The number of para-hydroxylation sites is 2. The number of rotatable bonds is 13. The maximum Gasteiger partial charge on any atom is 0.328 e. The molecule has 0 radical (unpaired) electrons. The zero-order chi connectivity index (χ0) is 31.3. The Balaban J connectivity index is 1.65. The van der Waals surface area contributed by atoms with E-state index in [1.165, 1.54) is 6.92 Å². The molecule has 12 nitrogen and oxygen atoms in total. The average molecular weight is 591 g/mol. The zero-order valence-electron chi connectivity index (χ0n) is 24.3. The monoisotopic (exact) mass is 590 g/mol. The third-order valence-electron chi connectivity index (χ3n) is 7.53. The summed E-state index contributed by atoms with van der Waals surface area (Å²) < 4.78 is 0. The lowest BCUT2D eigenvalue weighted by atomic mass is 10.00. The van der Waals surface area contributed by atoms with Crippen molar-refractivity contribution in [3.63, 3.8) is 0 Å².